The van der Waals surface area contributed by atoms with Gasteiger partial charge >= 0.3 is 5.97 Å². The molecule has 5 heteroatoms. The summed E-state index contributed by atoms with van der Waals surface area (Å²) >= 11 is 0. The standard InChI is InChI=1S/C11H21NO4/c1-10(2)16-9-11(13)15-8-5-12-3-6-14-7-4-12/h10H,3-9H2,1-2H3. The highest BCUT2D eigenvalue weighted by atomic mass is 16.6. The highest BCUT2D eigenvalue weighted by Crippen LogP contribution is 1.96. The summed E-state index contributed by atoms with van der Waals surface area (Å²) in [6.07, 6.45) is 0.0618. The number of ether oxygens (including phenoxy) is 3. The predicted molar refractivity (Wildman–Crippen MR) is 59.3 cm³/mol. The topological polar surface area (TPSA) is 48.0 Å². The van der Waals surface area contributed by atoms with E-state index >= 15 is 0 Å². The molecule has 1 heterocycles. The first-order valence-corrected chi connectivity index (χ1v) is 5.76. The molecule has 0 bridgehead atoms. The molecule has 1 rings (SSSR count). The molecule has 0 unspecified atom stereocenters. The van der Waals surface area contributed by atoms with Gasteiger partial charge in [-0.15, -0.1) is 0 Å². The normalized spacial score (nSPS) is 17.7. The van der Waals surface area contributed by atoms with Crippen LogP contribution in [0.5, 0.6) is 0 Å². The average molecular weight is 231 g/mol. The van der Waals surface area contributed by atoms with Crippen LogP contribution in [-0.4, -0.2) is 63.0 Å². The lowest BCUT2D eigenvalue weighted by molar-refractivity contribution is -0.151. The van der Waals surface area contributed by atoms with Crippen molar-refractivity contribution in [3.8, 4) is 0 Å². The largest absolute Gasteiger partial charge is 0.463 e. The van der Waals surface area contributed by atoms with Crippen LogP contribution in [-0.2, 0) is 19.0 Å². The van der Waals surface area contributed by atoms with Gasteiger partial charge < -0.3 is 14.2 Å². The summed E-state index contributed by atoms with van der Waals surface area (Å²) in [7, 11) is 0. The molecular weight excluding hydrogens is 210 g/mol. The fraction of sp³-hybridized carbons (Fsp3) is 0.909. The molecule has 0 N–H and O–H groups in total. The minimum atomic E-state index is -0.290. The van der Waals surface area contributed by atoms with Crippen molar-refractivity contribution in [2.45, 2.75) is 20.0 Å². The van der Waals surface area contributed by atoms with Crippen LogP contribution >= 0.6 is 0 Å². The van der Waals surface area contributed by atoms with Crippen LogP contribution in [0.1, 0.15) is 13.8 Å². The Hall–Kier alpha value is -0.650. The van der Waals surface area contributed by atoms with E-state index in [9.17, 15) is 4.79 Å². The zero-order valence-corrected chi connectivity index (χ0v) is 10.1. The van der Waals surface area contributed by atoms with Crippen molar-refractivity contribution in [3.05, 3.63) is 0 Å². The van der Waals surface area contributed by atoms with Crippen molar-refractivity contribution < 1.29 is 19.0 Å². The van der Waals surface area contributed by atoms with Gasteiger partial charge in [0.05, 0.1) is 19.3 Å². The van der Waals surface area contributed by atoms with Crippen molar-refractivity contribution in [1.82, 2.24) is 4.90 Å². The Morgan fingerprint density at radius 3 is 2.69 bits per heavy atom. The molecule has 0 radical (unpaired) electrons. The van der Waals surface area contributed by atoms with E-state index in [0.717, 1.165) is 32.8 Å². The predicted octanol–water partition coefficient (Wildman–Crippen LogP) is 0.287. The van der Waals surface area contributed by atoms with Crippen molar-refractivity contribution in [3.63, 3.8) is 0 Å². The third-order valence-electron chi connectivity index (χ3n) is 2.31. The van der Waals surface area contributed by atoms with Gasteiger partial charge in [-0.25, -0.2) is 4.79 Å². The maximum Gasteiger partial charge on any atom is 0.332 e. The molecule has 16 heavy (non-hydrogen) atoms. The van der Waals surface area contributed by atoms with Crippen LogP contribution in [0.4, 0.5) is 0 Å². The molecule has 0 aromatic rings. The van der Waals surface area contributed by atoms with Gasteiger partial charge in [0.2, 0.25) is 0 Å². The average Bonchev–Trinajstić information content (AvgIpc) is 2.28. The lowest BCUT2D eigenvalue weighted by Gasteiger charge is -2.26. The molecule has 0 aromatic heterocycles. The van der Waals surface area contributed by atoms with E-state index in [1.807, 2.05) is 13.8 Å². The quantitative estimate of drug-likeness (QED) is 0.615. The van der Waals surface area contributed by atoms with Gasteiger partial charge in [-0.1, -0.05) is 0 Å². The molecule has 0 amide bonds. The number of carbonyl (C=O) groups is 1. The third kappa shape index (κ3) is 6.05. The second kappa shape index (κ2) is 7.60. The first-order valence-electron chi connectivity index (χ1n) is 5.76. The summed E-state index contributed by atoms with van der Waals surface area (Å²) in [5.41, 5.74) is 0. The Morgan fingerprint density at radius 1 is 1.38 bits per heavy atom. The first-order chi connectivity index (χ1) is 7.68. The minimum Gasteiger partial charge on any atom is -0.463 e. The summed E-state index contributed by atoms with van der Waals surface area (Å²) in [5, 5.41) is 0. The molecule has 0 spiro atoms. The summed E-state index contributed by atoms with van der Waals surface area (Å²) in [5.74, 6) is -0.290. The number of hydrogen-bond acceptors (Lipinski definition) is 5. The molecule has 5 nitrogen and oxygen atoms in total. The second-order valence-corrected chi connectivity index (χ2v) is 4.03. The monoisotopic (exact) mass is 231 g/mol. The summed E-state index contributed by atoms with van der Waals surface area (Å²) < 4.78 is 15.4. The molecule has 1 aliphatic rings. The fourth-order valence-corrected chi connectivity index (χ4v) is 1.39. The maximum atomic E-state index is 11.2. The van der Waals surface area contributed by atoms with Crippen molar-refractivity contribution >= 4 is 5.97 Å². The lowest BCUT2D eigenvalue weighted by atomic mass is 10.4. The highest BCUT2D eigenvalue weighted by Gasteiger charge is 2.11. The van der Waals surface area contributed by atoms with Crippen molar-refractivity contribution in [2.24, 2.45) is 0 Å². The molecule has 94 valence electrons. The van der Waals surface area contributed by atoms with Crippen LogP contribution in [0.2, 0.25) is 0 Å². The Balaban J connectivity index is 1.99. The van der Waals surface area contributed by atoms with Gasteiger partial charge in [-0.05, 0) is 13.8 Å². The number of nitrogens with zero attached hydrogens (tertiary/aromatic N) is 1. The summed E-state index contributed by atoms with van der Waals surface area (Å²) in [6.45, 7) is 8.40. The van der Waals surface area contributed by atoms with Crippen LogP contribution in [0, 0.1) is 0 Å². The highest BCUT2D eigenvalue weighted by molar-refractivity contribution is 5.70. The van der Waals surface area contributed by atoms with Gasteiger partial charge in [-0.3, -0.25) is 4.90 Å². The van der Waals surface area contributed by atoms with Gasteiger partial charge in [0.25, 0.3) is 0 Å². The van der Waals surface area contributed by atoms with Crippen molar-refractivity contribution in [1.29, 1.82) is 0 Å². The zero-order chi connectivity index (χ0) is 11.8. The van der Waals surface area contributed by atoms with Gasteiger partial charge in [0.15, 0.2) is 0 Å². The summed E-state index contributed by atoms with van der Waals surface area (Å²) in [4.78, 5) is 13.4. The molecule has 0 aliphatic carbocycles. The molecular formula is C11H21NO4. The van der Waals surface area contributed by atoms with Gasteiger partial charge in [0, 0.05) is 19.6 Å². The molecule has 1 fully saturated rings. The number of hydrogen-bond donors (Lipinski definition) is 0. The van der Waals surface area contributed by atoms with E-state index in [1.54, 1.807) is 0 Å². The Morgan fingerprint density at radius 2 is 2.06 bits per heavy atom. The number of carbonyl (C=O) groups excluding carboxylic acids is 1. The van der Waals surface area contributed by atoms with E-state index in [2.05, 4.69) is 4.90 Å². The van der Waals surface area contributed by atoms with E-state index in [1.165, 1.54) is 0 Å². The van der Waals surface area contributed by atoms with E-state index in [4.69, 9.17) is 14.2 Å². The number of rotatable bonds is 6. The van der Waals surface area contributed by atoms with Crippen LogP contribution < -0.4 is 0 Å². The molecule has 0 saturated carbocycles. The number of morpholine rings is 1. The van der Waals surface area contributed by atoms with Gasteiger partial charge in [-0.2, -0.15) is 0 Å². The van der Waals surface area contributed by atoms with Crippen LogP contribution in [0.15, 0.2) is 0 Å². The van der Waals surface area contributed by atoms with E-state index < -0.39 is 0 Å². The SMILES string of the molecule is CC(C)OCC(=O)OCCN1CCOCC1. The second-order valence-electron chi connectivity index (χ2n) is 4.03. The minimum absolute atomic E-state index is 0.0424. The Kier molecular flexibility index (Phi) is 6.37. The third-order valence-corrected chi connectivity index (χ3v) is 2.31. The Labute approximate surface area is 96.6 Å². The van der Waals surface area contributed by atoms with E-state index in [0.29, 0.717) is 6.61 Å². The van der Waals surface area contributed by atoms with Crippen LogP contribution in [0.25, 0.3) is 0 Å². The Bertz CT molecular complexity index is 202. The van der Waals surface area contributed by atoms with E-state index in [-0.39, 0.29) is 18.7 Å². The number of esters is 1. The molecule has 1 saturated heterocycles. The van der Waals surface area contributed by atoms with Crippen LogP contribution in [0.3, 0.4) is 0 Å². The zero-order valence-electron chi connectivity index (χ0n) is 10.1. The smallest absolute Gasteiger partial charge is 0.332 e. The fourth-order valence-electron chi connectivity index (χ4n) is 1.39. The maximum absolute atomic E-state index is 11.2. The molecule has 0 atom stereocenters. The molecule has 0 aromatic carbocycles. The molecule has 1 aliphatic heterocycles. The first kappa shape index (κ1) is 13.4. The summed E-state index contributed by atoms with van der Waals surface area (Å²) in [6, 6.07) is 0. The lowest BCUT2D eigenvalue weighted by Crippen LogP contribution is -2.38. The van der Waals surface area contributed by atoms with Gasteiger partial charge in [0.1, 0.15) is 13.2 Å². The van der Waals surface area contributed by atoms with Crippen molar-refractivity contribution in [2.75, 3.05) is 46.1 Å².